The molecule has 0 amide bonds. The van der Waals surface area contributed by atoms with Gasteiger partial charge >= 0.3 is 0 Å². The molecule has 3 rings (SSSR count). The Bertz CT molecular complexity index is 431. The second-order valence-electron chi connectivity index (χ2n) is 5.92. The highest BCUT2D eigenvalue weighted by Gasteiger charge is 2.34. The molecule has 1 N–H and O–H groups in total. The number of hydrogen-bond acceptors (Lipinski definition) is 2. The van der Waals surface area contributed by atoms with Crippen LogP contribution in [0.2, 0.25) is 0 Å². The van der Waals surface area contributed by atoms with Gasteiger partial charge in [-0.25, -0.2) is 0 Å². The van der Waals surface area contributed by atoms with Gasteiger partial charge in [0.2, 0.25) is 0 Å². The summed E-state index contributed by atoms with van der Waals surface area (Å²) in [6, 6.07) is 10.0. The standard InChI is InChI=1S/C16H22BrNO/c1-19-14-7-6-12(10-14)18-13-8-11(9-13)15-4-2-3-5-16(15)17/h2-5,11-14,18H,6-10H2,1H3. The number of nitrogens with one attached hydrogen (secondary N) is 1. The van der Waals surface area contributed by atoms with Crippen LogP contribution in [0, 0.1) is 0 Å². The maximum absolute atomic E-state index is 5.43. The summed E-state index contributed by atoms with van der Waals surface area (Å²) in [5.74, 6) is 0.729. The number of halogens is 1. The average Bonchev–Trinajstić information content (AvgIpc) is 2.82. The van der Waals surface area contributed by atoms with Gasteiger partial charge in [-0.3, -0.25) is 0 Å². The largest absolute Gasteiger partial charge is 0.381 e. The zero-order chi connectivity index (χ0) is 13.2. The predicted molar refractivity (Wildman–Crippen MR) is 81.5 cm³/mol. The highest BCUT2D eigenvalue weighted by Crippen LogP contribution is 2.40. The minimum absolute atomic E-state index is 0.483. The van der Waals surface area contributed by atoms with E-state index in [-0.39, 0.29) is 0 Å². The first-order valence-electron chi connectivity index (χ1n) is 7.29. The molecule has 2 aliphatic carbocycles. The second kappa shape index (κ2) is 5.94. The fourth-order valence-corrected chi connectivity index (χ4v) is 4.06. The molecule has 2 saturated carbocycles. The van der Waals surface area contributed by atoms with Crippen LogP contribution in [0.1, 0.15) is 43.6 Å². The Morgan fingerprint density at radius 2 is 1.89 bits per heavy atom. The van der Waals surface area contributed by atoms with Crippen LogP contribution >= 0.6 is 15.9 Å². The Hall–Kier alpha value is -0.380. The summed E-state index contributed by atoms with van der Waals surface area (Å²) in [4.78, 5) is 0. The molecule has 0 aliphatic heterocycles. The fourth-order valence-electron chi connectivity index (χ4n) is 3.45. The van der Waals surface area contributed by atoms with Crippen LogP contribution in [0.25, 0.3) is 0 Å². The molecular weight excluding hydrogens is 302 g/mol. The van der Waals surface area contributed by atoms with Crippen LogP contribution in [0.15, 0.2) is 28.7 Å². The normalized spacial score (nSPS) is 34.2. The second-order valence-corrected chi connectivity index (χ2v) is 6.78. The van der Waals surface area contributed by atoms with Gasteiger partial charge in [0.05, 0.1) is 6.10 Å². The lowest BCUT2D eigenvalue weighted by Crippen LogP contribution is -2.44. The van der Waals surface area contributed by atoms with E-state index in [0.717, 1.165) is 5.92 Å². The van der Waals surface area contributed by atoms with Gasteiger partial charge in [-0.05, 0) is 49.7 Å². The highest BCUT2D eigenvalue weighted by molar-refractivity contribution is 9.10. The van der Waals surface area contributed by atoms with Crippen LogP contribution in [-0.2, 0) is 4.74 Å². The van der Waals surface area contributed by atoms with Crippen molar-refractivity contribution < 1.29 is 4.74 Å². The van der Waals surface area contributed by atoms with E-state index in [1.165, 1.54) is 42.1 Å². The van der Waals surface area contributed by atoms with Crippen molar-refractivity contribution in [2.45, 2.75) is 56.2 Å². The van der Waals surface area contributed by atoms with Gasteiger partial charge in [0.15, 0.2) is 0 Å². The molecule has 0 saturated heterocycles. The molecule has 0 bridgehead atoms. The zero-order valence-electron chi connectivity index (χ0n) is 11.4. The third-order valence-electron chi connectivity index (χ3n) is 4.67. The lowest BCUT2D eigenvalue weighted by molar-refractivity contribution is 0.105. The monoisotopic (exact) mass is 323 g/mol. The smallest absolute Gasteiger partial charge is 0.0586 e. The Morgan fingerprint density at radius 1 is 1.11 bits per heavy atom. The molecular formula is C16H22BrNO. The maximum Gasteiger partial charge on any atom is 0.0586 e. The van der Waals surface area contributed by atoms with Gasteiger partial charge in [0, 0.05) is 23.7 Å². The molecule has 0 radical (unpaired) electrons. The van der Waals surface area contributed by atoms with E-state index in [9.17, 15) is 0 Å². The summed E-state index contributed by atoms with van der Waals surface area (Å²) in [7, 11) is 1.83. The summed E-state index contributed by atoms with van der Waals surface area (Å²) in [6.45, 7) is 0. The molecule has 0 spiro atoms. The summed E-state index contributed by atoms with van der Waals surface area (Å²) in [5.41, 5.74) is 1.47. The number of rotatable bonds is 4. The molecule has 0 heterocycles. The van der Waals surface area contributed by atoms with Crippen molar-refractivity contribution >= 4 is 15.9 Å². The van der Waals surface area contributed by atoms with Crippen LogP contribution in [0.5, 0.6) is 0 Å². The Morgan fingerprint density at radius 3 is 2.58 bits per heavy atom. The van der Waals surface area contributed by atoms with Gasteiger partial charge in [0.1, 0.15) is 0 Å². The Balaban J connectivity index is 1.47. The van der Waals surface area contributed by atoms with E-state index in [0.29, 0.717) is 18.2 Å². The molecule has 3 heteroatoms. The Labute approximate surface area is 124 Å². The van der Waals surface area contributed by atoms with Gasteiger partial charge in [-0.1, -0.05) is 34.1 Å². The third-order valence-corrected chi connectivity index (χ3v) is 5.39. The van der Waals surface area contributed by atoms with E-state index in [4.69, 9.17) is 4.74 Å². The predicted octanol–water partition coefficient (Wildman–Crippen LogP) is 3.85. The molecule has 1 aromatic rings. The summed E-state index contributed by atoms with van der Waals surface area (Å²) < 4.78 is 6.70. The highest BCUT2D eigenvalue weighted by atomic mass is 79.9. The number of hydrogen-bond donors (Lipinski definition) is 1. The molecule has 19 heavy (non-hydrogen) atoms. The average molecular weight is 324 g/mol. The van der Waals surface area contributed by atoms with Crippen molar-refractivity contribution in [1.82, 2.24) is 5.32 Å². The van der Waals surface area contributed by atoms with Crippen molar-refractivity contribution in [3.63, 3.8) is 0 Å². The van der Waals surface area contributed by atoms with Gasteiger partial charge < -0.3 is 10.1 Å². The van der Waals surface area contributed by atoms with Gasteiger partial charge in [-0.2, -0.15) is 0 Å². The molecule has 2 atom stereocenters. The topological polar surface area (TPSA) is 21.3 Å². The molecule has 2 nitrogen and oxygen atoms in total. The van der Waals surface area contributed by atoms with E-state index < -0.39 is 0 Å². The van der Waals surface area contributed by atoms with E-state index in [1.54, 1.807) is 0 Å². The van der Waals surface area contributed by atoms with E-state index in [2.05, 4.69) is 45.5 Å². The summed E-state index contributed by atoms with van der Waals surface area (Å²) in [5, 5.41) is 3.80. The fraction of sp³-hybridized carbons (Fsp3) is 0.625. The van der Waals surface area contributed by atoms with Crippen molar-refractivity contribution in [2.75, 3.05) is 7.11 Å². The number of methoxy groups -OCH3 is 1. The third kappa shape index (κ3) is 3.04. The number of benzene rings is 1. The van der Waals surface area contributed by atoms with Crippen LogP contribution in [0.3, 0.4) is 0 Å². The van der Waals surface area contributed by atoms with Crippen LogP contribution in [-0.4, -0.2) is 25.3 Å². The van der Waals surface area contributed by atoms with Crippen LogP contribution < -0.4 is 5.32 Å². The van der Waals surface area contributed by atoms with Crippen molar-refractivity contribution in [3.05, 3.63) is 34.3 Å². The van der Waals surface area contributed by atoms with E-state index >= 15 is 0 Å². The molecule has 2 unspecified atom stereocenters. The summed E-state index contributed by atoms with van der Waals surface area (Å²) >= 11 is 3.66. The molecule has 2 aliphatic rings. The minimum atomic E-state index is 0.483. The first-order valence-corrected chi connectivity index (χ1v) is 8.09. The minimum Gasteiger partial charge on any atom is -0.381 e. The maximum atomic E-state index is 5.43. The number of ether oxygens (including phenoxy) is 1. The summed E-state index contributed by atoms with van der Waals surface area (Å²) in [6.07, 6.45) is 6.71. The first kappa shape index (κ1) is 13.6. The molecule has 2 fully saturated rings. The Kier molecular flexibility index (Phi) is 4.25. The van der Waals surface area contributed by atoms with Crippen molar-refractivity contribution in [2.24, 2.45) is 0 Å². The van der Waals surface area contributed by atoms with Crippen LogP contribution in [0.4, 0.5) is 0 Å². The molecule has 1 aromatic carbocycles. The first-order chi connectivity index (χ1) is 9.26. The molecule has 104 valence electrons. The lowest BCUT2D eigenvalue weighted by Gasteiger charge is -2.38. The molecule has 0 aromatic heterocycles. The van der Waals surface area contributed by atoms with E-state index in [1.807, 2.05) is 7.11 Å². The van der Waals surface area contributed by atoms with Gasteiger partial charge in [-0.15, -0.1) is 0 Å². The quantitative estimate of drug-likeness (QED) is 0.908. The SMILES string of the molecule is COC1CCC(NC2CC(c3ccccc3Br)C2)C1. The zero-order valence-corrected chi connectivity index (χ0v) is 13.0. The lowest BCUT2D eigenvalue weighted by atomic mass is 9.75. The van der Waals surface area contributed by atoms with Crippen molar-refractivity contribution in [1.29, 1.82) is 0 Å². The van der Waals surface area contributed by atoms with Crippen molar-refractivity contribution in [3.8, 4) is 0 Å². The van der Waals surface area contributed by atoms with Gasteiger partial charge in [0.25, 0.3) is 0 Å².